The first-order valence-electron chi connectivity index (χ1n) is 8.37. The Balaban J connectivity index is 1.69. The van der Waals surface area contributed by atoms with E-state index in [2.05, 4.69) is 20.2 Å². The van der Waals surface area contributed by atoms with Crippen molar-refractivity contribution in [2.75, 3.05) is 6.54 Å². The number of carbonyl (C=O) groups is 1. The molecule has 7 nitrogen and oxygen atoms in total. The van der Waals surface area contributed by atoms with Crippen LogP contribution in [-0.2, 0) is 0 Å². The maximum absolute atomic E-state index is 12.9. The first-order valence-corrected chi connectivity index (χ1v) is 8.37. The average molecular weight is 334 g/mol. The zero-order valence-corrected chi connectivity index (χ0v) is 13.7. The van der Waals surface area contributed by atoms with Gasteiger partial charge in [-0.15, -0.1) is 10.2 Å². The Morgan fingerprint density at radius 3 is 2.80 bits per heavy atom. The minimum atomic E-state index is -0.112. The smallest absolute Gasteiger partial charge is 0.273 e. The quantitative estimate of drug-likeness (QED) is 0.735. The zero-order valence-electron chi connectivity index (χ0n) is 13.7. The van der Waals surface area contributed by atoms with E-state index in [9.17, 15) is 4.79 Å². The molecule has 1 saturated heterocycles. The zero-order chi connectivity index (χ0) is 17.1. The molecule has 4 rings (SSSR count). The number of hydrogen-bond donors (Lipinski definition) is 0. The van der Waals surface area contributed by atoms with Crippen LogP contribution in [0.4, 0.5) is 0 Å². The molecule has 25 heavy (non-hydrogen) atoms. The number of piperidine rings is 1. The molecule has 0 N–H and O–H groups in total. The van der Waals surface area contributed by atoms with Crippen LogP contribution >= 0.6 is 0 Å². The van der Waals surface area contributed by atoms with E-state index < -0.39 is 0 Å². The number of aromatic nitrogens is 5. The van der Waals surface area contributed by atoms with Crippen molar-refractivity contribution in [1.29, 1.82) is 0 Å². The first-order chi connectivity index (χ1) is 12.3. The molecule has 0 spiro atoms. The molecule has 0 bridgehead atoms. The number of hydrogen-bond acceptors (Lipinski definition) is 5. The topological polar surface area (TPSA) is 76.8 Å². The lowest BCUT2D eigenvalue weighted by Crippen LogP contribution is -2.40. The standard InChI is InChI=1S/C18H18N6O/c25-18(15-9-10-19-12-20-15)23-11-5-4-8-16(23)17-22-21-13-24(17)14-6-2-1-3-7-14/h1-3,6-7,9-10,12-13,16H,4-5,8,11H2. The van der Waals surface area contributed by atoms with Crippen LogP contribution < -0.4 is 0 Å². The third kappa shape index (κ3) is 3.00. The van der Waals surface area contributed by atoms with Gasteiger partial charge in [0.2, 0.25) is 0 Å². The largest absolute Gasteiger partial charge is 0.327 e. The van der Waals surface area contributed by atoms with Gasteiger partial charge < -0.3 is 4.90 Å². The second-order valence-electron chi connectivity index (χ2n) is 6.00. The number of rotatable bonds is 3. The van der Waals surface area contributed by atoms with Crippen LogP contribution in [0.1, 0.15) is 41.6 Å². The predicted octanol–water partition coefficient (Wildman–Crippen LogP) is 2.42. The van der Waals surface area contributed by atoms with Crippen molar-refractivity contribution >= 4 is 5.91 Å². The summed E-state index contributed by atoms with van der Waals surface area (Å²) < 4.78 is 1.95. The van der Waals surface area contributed by atoms with E-state index in [4.69, 9.17) is 0 Å². The molecule has 1 aliphatic rings. The molecule has 1 atom stereocenters. The van der Waals surface area contributed by atoms with Crippen molar-refractivity contribution in [2.24, 2.45) is 0 Å². The lowest BCUT2D eigenvalue weighted by Gasteiger charge is -2.34. The first kappa shape index (κ1) is 15.4. The molecule has 1 unspecified atom stereocenters. The molecular formula is C18H18N6O. The van der Waals surface area contributed by atoms with Crippen molar-refractivity contribution in [1.82, 2.24) is 29.6 Å². The molecule has 3 heterocycles. The normalized spacial score (nSPS) is 17.4. The van der Waals surface area contributed by atoms with Crippen molar-refractivity contribution in [3.05, 3.63) is 66.8 Å². The molecule has 0 radical (unpaired) electrons. The molecule has 3 aromatic rings. The van der Waals surface area contributed by atoms with Crippen LogP contribution in [0.2, 0.25) is 0 Å². The van der Waals surface area contributed by atoms with Crippen LogP contribution in [0, 0.1) is 0 Å². The van der Waals surface area contributed by atoms with Crippen LogP contribution in [0.25, 0.3) is 5.69 Å². The summed E-state index contributed by atoms with van der Waals surface area (Å²) in [5.41, 5.74) is 1.40. The second kappa shape index (κ2) is 6.80. The van der Waals surface area contributed by atoms with Crippen LogP contribution in [0.3, 0.4) is 0 Å². The molecule has 1 aromatic carbocycles. The highest BCUT2D eigenvalue weighted by Gasteiger charge is 2.32. The lowest BCUT2D eigenvalue weighted by atomic mass is 10.0. The Bertz CT molecular complexity index is 848. The molecule has 2 aromatic heterocycles. The third-order valence-corrected chi connectivity index (χ3v) is 4.47. The van der Waals surface area contributed by atoms with E-state index in [1.165, 1.54) is 6.33 Å². The molecular weight excluding hydrogens is 316 g/mol. The van der Waals surface area contributed by atoms with E-state index in [0.29, 0.717) is 12.2 Å². The number of para-hydroxylation sites is 1. The number of benzene rings is 1. The van der Waals surface area contributed by atoms with Gasteiger partial charge in [0.05, 0.1) is 6.04 Å². The molecule has 126 valence electrons. The molecule has 7 heteroatoms. The second-order valence-corrected chi connectivity index (χ2v) is 6.00. The van der Waals surface area contributed by atoms with Gasteiger partial charge in [0, 0.05) is 18.4 Å². The molecule has 1 amide bonds. The van der Waals surface area contributed by atoms with Crippen molar-refractivity contribution in [3.63, 3.8) is 0 Å². The maximum atomic E-state index is 12.9. The Hall–Kier alpha value is -3.09. The number of amides is 1. The van der Waals surface area contributed by atoms with Gasteiger partial charge in [0.25, 0.3) is 5.91 Å². The Labute approximate surface area is 145 Å². The lowest BCUT2D eigenvalue weighted by molar-refractivity contribution is 0.0591. The fourth-order valence-corrected chi connectivity index (χ4v) is 3.27. The number of carbonyl (C=O) groups excluding carboxylic acids is 1. The van der Waals surface area contributed by atoms with Gasteiger partial charge in [-0.1, -0.05) is 18.2 Å². The number of likely N-dealkylation sites (tertiary alicyclic amines) is 1. The molecule has 0 aliphatic carbocycles. The summed E-state index contributed by atoms with van der Waals surface area (Å²) in [5, 5.41) is 8.42. The summed E-state index contributed by atoms with van der Waals surface area (Å²) in [4.78, 5) is 22.8. The van der Waals surface area contributed by atoms with E-state index in [-0.39, 0.29) is 11.9 Å². The minimum absolute atomic E-state index is 0.0882. The van der Waals surface area contributed by atoms with E-state index in [1.54, 1.807) is 18.6 Å². The summed E-state index contributed by atoms with van der Waals surface area (Å²) in [5.74, 6) is 0.697. The van der Waals surface area contributed by atoms with Gasteiger partial charge in [-0.3, -0.25) is 9.36 Å². The van der Waals surface area contributed by atoms with Gasteiger partial charge in [-0.2, -0.15) is 0 Å². The number of nitrogens with zero attached hydrogens (tertiary/aromatic N) is 6. The highest BCUT2D eigenvalue weighted by molar-refractivity contribution is 5.92. The Kier molecular flexibility index (Phi) is 4.20. The molecule has 1 aliphatic heterocycles. The van der Waals surface area contributed by atoms with Gasteiger partial charge in [-0.05, 0) is 37.5 Å². The van der Waals surface area contributed by atoms with Gasteiger partial charge >= 0.3 is 0 Å². The van der Waals surface area contributed by atoms with Crippen LogP contribution in [0.15, 0.2) is 55.2 Å². The summed E-state index contributed by atoms with van der Waals surface area (Å²) in [6.07, 6.45) is 7.59. The van der Waals surface area contributed by atoms with Crippen molar-refractivity contribution in [2.45, 2.75) is 25.3 Å². The highest BCUT2D eigenvalue weighted by Crippen LogP contribution is 2.31. The van der Waals surface area contributed by atoms with Crippen molar-refractivity contribution in [3.8, 4) is 5.69 Å². The maximum Gasteiger partial charge on any atom is 0.273 e. The van der Waals surface area contributed by atoms with Crippen LogP contribution in [-0.4, -0.2) is 42.1 Å². The fourth-order valence-electron chi connectivity index (χ4n) is 3.27. The third-order valence-electron chi connectivity index (χ3n) is 4.47. The van der Waals surface area contributed by atoms with Gasteiger partial charge in [0.1, 0.15) is 18.3 Å². The van der Waals surface area contributed by atoms with Crippen molar-refractivity contribution < 1.29 is 4.79 Å². The predicted molar refractivity (Wildman–Crippen MR) is 91.0 cm³/mol. The highest BCUT2D eigenvalue weighted by atomic mass is 16.2. The monoisotopic (exact) mass is 334 g/mol. The fraction of sp³-hybridized carbons (Fsp3) is 0.278. The van der Waals surface area contributed by atoms with E-state index in [0.717, 1.165) is 30.8 Å². The Morgan fingerprint density at radius 2 is 2.00 bits per heavy atom. The SMILES string of the molecule is O=C(c1ccncn1)N1CCCCC1c1nncn1-c1ccccc1. The summed E-state index contributed by atoms with van der Waals surface area (Å²) >= 11 is 0. The minimum Gasteiger partial charge on any atom is -0.327 e. The van der Waals surface area contributed by atoms with Gasteiger partial charge in [-0.25, -0.2) is 9.97 Å². The van der Waals surface area contributed by atoms with Crippen LogP contribution in [0.5, 0.6) is 0 Å². The summed E-state index contributed by atoms with van der Waals surface area (Å²) in [6, 6.07) is 11.5. The summed E-state index contributed by atoms with van der Waals surface area (Å²) in [6.45, 7) is 0.690. The van der Waals surface area contributed by atoms with E-state index >= 15 is 0 Å². The molecule has 0 saturated carbocycles. The Morgan fingerprint density at radius 1 is 1.12 bits per heavy atom. The summed E-state index contributed by atoms with van der Waals surface area (Å²) in [7, 11) is 0. The van der Waals surface area contributed by atoms with E-state index in [1.807, 2.05) is 39.8 Å². The molecule has 1 fully saturated rings. The average Bonchev–Trinajstić information content (AvgIpc) is 3.18. The van der Waals surface area contributed by atoms with Gasteiger partial charge in [0.15, 0.2) is 5.82 Å².